The first-order valence-electron chi connectivity index (χ1n) is 27.4. The molecular weight excluding hydrogens is 829 g/mol. The lowest BCUT2D eigenvalue weighted by Gasteiger charge is -2.18. The summed E-state index contributed by atoms with van der Waals surface area (Å²) in [6.45, 7) is 6.42. The minimum Gasteiger partial charge on any atom is -0.462 e. The molecule has 0 aromatic carbocycles. The van der Waals surface area contributed by atoms with Crippen LogP contribution < -0.4 is 0 Å². The van der Waals surface area contributed by atoms with Gasteiger partial charge in [0.05, 0.1) is 0 Å². The second-order valence-corrected chi connectivity index (χ2v) is 17.7. The largest absolute Gasteiger partial charge is 0.462 e. The van der Waals surface area contributed by atoms with Gasteiger partial charge >= 0.3 is 17.9 Å². The molecule has 0 spiro atoms. The summed E-state index contributed by atoms with van der Waals surface area (Å²) in [7, 11) is 0. The Hall–Kier alpha value is -3.93. The third-order valence-electron chi connectivity index (χ3n) is 11.2. The van der Waals surface area contributed by atoms with Crippen LogP contribution in [0.25, 0.3) is 0 Å². The summed E-state index contributed by atoms with van der Waals surface area (Å²) in [5, 5.41) is 0. The number of esters is 3. The molecule has 0 N–H and O–H groups in total. The van der Waals surface area contributed by atoms with Crippen LogP contribution in [-0.2, 0) is 28.6 Å². The molecule has 0 heterocycles. The standard InChI is InChI=1S/C61H100O6/c1-4-7-10-13-16-19-22-25-27-29-30-32-34-37-39-42-45-48-51-54-60(63)66-57-58(67-61(64)55-52-49-46-43-40-35-24-21-18-15-12-9-6-3)56-65-59(62)53-50-47-44-41-38-36-33-31-28-26-23-20-17-14-11-8-5-2/h8,11,16-17,19-21,24-28,30,32-33,36-37,39,58H,4-7,9-10,12-15,18,22-23,29,31,34-35,38,40-57H2,1-3H3/b11-8-,19-16-,20-17-,24-21-,27-25-,28-26-,32-30-,36-33-,39-37-/t58-/m1/s1. The van der Waals surface area contributed by atoms with E-state index in [9.17, 15) is 14.4 Å². The van der Waals surface area contributed by atoms with E-state index in [0.717, 1.165) is 135 Å². The molecule has 0 bridgehead atoms. The molecule has 6 heteroatoms. The van der Waals surface area contributed by atoms with Gasteiger partial charge in [-0.3, -0.25) is 14.4 Å². The molecule has 0 aliphatic heterocycles. The Labute approximate surface area is 412 Å². The van der Waals surface area contributed by atoms with E-state index in [1.165, 1.54) is 64.2 Å². The van der Waals surface area contributed by atoms with Crippen molar-refractivity contribution in [3.8, 4) is 0 Å². The van der Waals surface area contributed by atoms with Crippen LogP contribution in [0.5, 0.6) is 0 Å². The summed E-state index contributed by atoms with van der Waals surface area (Å²) in [4.78, 5) is 38.1. The predicted octanol–water partition coefficient (Wildman–Crippen LogP) is 18.3. The molecule has 0 aromatic heterocycles. The fourth-order valence-corrected chi connectivity index (χ4v) is 7.12. The van der Waals surface area contributed by atoms with Crippen molar-refractivity contribution in [1.29, 1.82) is 0 Å². The van der Waals surface area contributed by atoms with E-state index in [2.05, 4.69) is 130 Å². The summed E-state index contributed by atoms with van der Waals surface area (Å²) >= 11 is 0. The zero-order valence-corrected chi connectivity index (χ0v) is 43.4. The Kier molecular flexibility index (Phi) is 51.5. The van der Waals surface area contributed by atoms with Crippen molar-refractivity contribution in [2.24, 2.45) is 0 Å². The lowest BCUT2D eigenvalue weighted by atomic mass is 10.1. The number of allylic oxidation sites excluding steroid dienone is 18. The summed E-state index contributed by atoms with van der Waals surface area (Å²) in [5.74, 6) is -0.971. The number of carbonyl (C=O) groups excluding carboxylic acids is 3. The van der Waals surface area contributed by atoms with Crippen molar-refractivity contribution in [3.63, 3.8) is 0 Å². The number of hydrogen-bond acceptors (Lipinski definition) is 6. The SMILES string of the molecule is CC/C=C\C/C=C\C/C=C\C/C=C\CCCCCCC(=O)OC[C@H](COC(=O)CCCCC/C=C\C/C=C\C/C=C\C/C=C\CCCCC)OC(=O)CCCCCCC/C=C\CCCCCC. The smallest absolute Gasteiger partial charge is 0.306 e. The molecule has 0 aliphatic rings. The first kappa shape index (κ1) is 63.1. The molecule has 6 nitrogen and oxygen atoms in total. The number of carbonyl (C=O) groups is 3. The van der Waals surface area contributed by atoms with E-state index in [0.29, 0.717) is 19.3 Å². The number of ether oxygens (including phenoxy) is 3. The Morgan fingerprint density at radius 1 is 0.313 bits per heavy atom. The fourth-order valence-electron chi connectivity index (χ4n) is 7.12. The highest BCUT2D eigenvalue weighted by Gasteiger charge is 2.19. The Balaban J connectivity index is 4.50. The van der Waals surface area contributed by atoms with E-state index >= 15 is 0 Å². The Morgan fingerprint density at radius 2 is 0.582 bits per heavy atom. The van der Waals surface area contributed by atoms with Gasteiger partial charge in [0.15, 0.2) is 6.10 Å². The molecule has 0 amide bonds. The highest BCUT2D eigenvalue weighted by Crippen LogP contribution is 2.13. The molecule has 0 radical (unpaired) electrons. The molecule has 0 saturated heterocycles. The second-order valence-electron chi connectivity index (χ2n) is 17.7. The van der Waals surface area contributed by atoms with Crippen molar-refractivity contribution in [2.75, 3.05) is 13.2 Å². The first-order chi connectivity index (χ1) is 33.0. The summed E-state index contributed by atoms with van der Waals surface area (Å²) in [6.07, 6.45) is 73.5. The summed E-state index contributed by atoms with van der Waals surface area (Å²) in [6, 6.07) is 0. The average molecular weight is 929 g/mol. The van der Waals surface area contributed by atoms with Gasteiger partial charge in [-0.2, -0.15) is 0 Å². The zero-order valence-electron chi connectivity index (χ0n) is 43.4. The maximum absolute atomic E-state index is 12.8. The first-order valence-corrected chi connectivity index (χ1v) is 27.4. The maximum atomic E-state index is 12.8. The maximum Gasteiger partial charge on any atom is 0.306 e. The van der Waals surface area contributed by atoms with Crippen LogP contribution in [0.3, 0.4) is 0 Å². The monoisotopic (exact) mass is 929 g/mol. The van der Waals surface area contributed by atoms with Crippen LogP contribution in [0.15, 0.2) is 109 Å². The molecule has 67 heavy (non-hydrogen) atoms. The lowest BCUT2D eigenvalue weighted by Crippen LogP contribution is -2.30. The fraction of sp³-hybridized carbons (Fsp3) is 0.656. The predicted molar refractivity (Wildman–Crippen MR) is 288 cm³/mol. The third kappa shape index (κ3) is 52.9. The van der Waals surface area contributed by atoms with E-state index in [1.807, 2.05) is 0 Å². The lowest BCUT2D eigenvalue weighted by molar-refractivity contribution is -0.167. The second kappa shape index (κ2) is 54.7. The van der Waals surface area contributed by atoms with Gasteiger partial charge in [0, 0.05) is 19.3 Å². The zero-order chi connectivity index (χ0) is 48.6. The van der Waals surface area contributed by atoms with Gasteiger partial charge in [0.25, 0.3) is 0 Å². The van der Waals surface area contributed by atoms with Gasteiger partial charge in [0.1, 0.15) is 13.2 Å². The molecule has 0 aliphatic carbocycles. The Bertz CT molecular complexity index is 1390. The number of rotatable bonds is 48. The van der Waals surface area contributed by atoms with E-state index in [4.69, 9.17) is 14.2 Å². The van der Waals surface area contributed by atoms with Gasteiger partial charge in [0.2, 0.25) is 0 Å². The van der Waals surface area contributed by atoms with Crippen molar-refractivity contribution < 1.29 is 28.6 Å². The number of unbranched alkanes of at least 4 members (excludes halogenated alkanes) is 19. The van der Waals surface area contributed by atoms with Crippen LogP contribution in [0.4, 0.5) is 0 Å². The average Bonchev–Trinajstić information content (AvgIpc) is 3.33. The van der Waals surface area contributed by atoms with Gasteiger partial charge in [-0.15, -0.1) is 0 Å². The molecular formula is C61H100O6. The molecule has 0 saturated carbocycles. The van der Waals surface area contributed by atoms with E-state index in [1.54, 1.807) is 0 Å². The van der Waals surface area contributed by atoms with Crippen molar-refractivity contribution in [2.45, 2.75) is 245 Å². The molecule has 0 rings (SSSR count). The molecule has 1 atom stereocenters. The summed E-state index contributed by atoms with van der Waals surface area (Å²) < 4.78 is 16.8. The molecule has 0 unspecified atom stereocenters. The highest BCUT2D eigenvalue weighted by atomic mass is 16.6. The molecule has 0 fully saturated rings. The topological polar surface area (TPSA) is 78.9 Å². The minimum absolute atomic E-state index is 0.106. The van der Waals surface area contributed by atoms with Gasteiger partial charge in [-0.05, 0) is 128 Å². The van der Waals surface area contributed by atoms with Crippen LogP contribution in [0.1, 0.15) is 239 Å². The minimum atomic E-state index is -0.808. The molecule has 0 aromatic rings. The van der Waals surface area contributed by atoms with Crippen molar-refractivity contribution in [3.05, 3.63) is 109 Å². The van der Waals surface area contributed by atoms with Crippen molar-refractivity contribution in [1.82, 2.24) is 0 Å². The quantitative estimate of drug-likeness (QED) is 0.0262. The van der Waals surface area contributed by atoms with Crippen LogP contribution >= 0.6 is 0 Å². The van der Waals surface area contributed by atoms with E-state index < -0.39 is 6.10 Å². The summed E-state index contributed by atoms with van der Waals surface area (Å²) in [5.41, 5.74) is 0. The van der Waals surface area contributed by atoms with E-state index in [-0.39, 0.29) is 31.1 Å². The van der Waals surface area contributed by atoms with Gasteiger partial charge in [-0.1, -0.05) is 201 Å². The van der Waals surface area contributed by atoms with Crippen LogP contribution in [0, 0.1) is 0 Å². The third-order valence-corrected chi connectivity index (χ3v) is 11.2. The van der Waals surface area contributed by atoms with Gasteiger partial charge in [-0.25, -0.2) is 0 Å². The van der Waals surface area contributed by atoms with Crippen LogP contribution in [0.2, 0.25) is 0 Å². The highest BCUT2D eigenvalue weighted by molar-refractivity contribution is 5.71. The molecule has 380 valence electrons. The van der Waals surface area contributed by atoms with Crippen molar-refractivity contribution >= 4 is 17.9 Å². The number of hydrogen-bond donors (Lipinski definition) is 0. The Morgan fingerprint density at radius 3 is 0.970 bits per heavy atom. The normalized spacial score (nSPS) is 12.9. The van der Waals surface area contributed by atoms with Crippen LogP contribution in [-0.4, -0.2) is 37.2 Å². The van der Waals surface area contributed by atoms with Gasteiger partial charge < -0.3 is 14.2 Å².